The molecule has 0 saturated heterocycles. The Hall–Kier alpha value is -4.19. The fourth-order valence-electron chi connectivity index (χ4n) is 2.16. The van der Waals surface area contributed by atoms with Gasteiger partial charge >= 0.3 is 0 Å². The van der Waals surface area contributed by atoms with Crippen LogP contribution in [0.1, 0.15) is 17.8 Å². The molecule has 3 heterocycles. The fourth-order valence-corrected chi connectivity index (χ4v) is 2.16. The number of anilines is 3. The van der Waals surface area contributed by atoms with E-state index in [1.807, 2.05) is 13.0 Å². The summed E-state index contributed by atoms with van der Waals surface area (Å²) in [5.41, 5.74) is 8.84. The summed E-state index contributed by atoms with van der Waals surface area (Å²) in [6.45, 7) is 2.87. The highest BCUT2D eigenvalue weighted by atomic mass is 16.5. The number of carbonyl (C=O) groups is 1. The molecule has 0 aliphatic rings. The minimum absolute atomic E-state index is 0.444. The zero-order chi connectivity index (χ0) is 21.6. The van der Waals surface area contributed by atoms with Crippen LogP contribution >= 0.6 is 0 Å². The lowest BCUT2D eigenvalue weighted by Gasteiger charge is -2.08. The summed E-state index contributed by atoms with van der Waals surface area (Å²) in [5, 5.41) is 5.70. The van der Waals surface area contributed by atoms with E-state index in [2.05, 4.69) is 36.5 Å². The van der Waals surface area contributed by atoms with E-state index in [4.69, 9.17) is 16.9 Å². The number of ether oxygens (including phenoxy) is 1. The van der Waals surface area contributed by atoms with Gasteiger partial charge in [0.1, 0.15) is 12.4 Å². The molecule has 0 unspecified atom stereocenters. The van der Waals surface area contributed by atoms with Crippen molar-refractivity contribution < 1.29 is 9.53 Å². The topological polar surface area (TPSA) is 128 Å². The second-order valence-corrected chi connectivity index (χ2v) is 5.89. The molecule has 0 aliphatic heterocycles. The molecule has 9 nitrogen and oxygen atoms in total. The van der Waals surface area contributed by atoms with Crippen molar-refractivity contribution in [1.29, 1.82) is 0 Å². The number of amides is 1. The number of nitrogens with zero attached hydrogens (tertiary/aromatic N) is 4. The summed E-state index contributed by atoms with van der Waals surface area (Å²) in [5.74, 6) is 3.44. The van der Waals surface area contributed by atoms with Crippen molar-refractivity contribution in [2.45, 2.75) is 19.9 Å². The molecule has 0 saturated carbocycles. The number of nitrogens with one attached hydrogen (secondary N) is 2. The van der Waals surface area contributed by atoms with E-state index in [-0.39, 0.29) is 0 Å². The number of aryl methyl sites for hydroxylation is 1. The first-order chi connectivity index (χ1) is 14.6. The summed E-state index contributed by atoms with van der Waals surface area (Å²) < 4.78 is 5.19. The predicted molar refractivity (Wildman–Crippen MR) is 116 cm³/mol. The number of hydrogen-bond acceptors (Lipinski definition) is 8. The Morgan fingerprint density at radius 1 is 1.20 bits per heavy atom. The van der Waals surface area contributed by atoms with Crippen LogP contribution in [0.4, 0.5) is 17.2 Å². The number of nitrogens with two attached hydrogens (primary N) is 1. The van der Waals surface area contributed by atoms with Crippen molar-refractivity contribution in [1.82, 2.24) is 19.9 Å². The van der Waals surface area contributed by atoms with Crippen LogP contribution in [0.2, 0.25) is 0 Å². The molecule has 0 aliphatic carbocycles. The van der Waals surface area contributed by atoms with Crippen molar-refractivity contribution in [3.8, 4) is 18.2 Å². The number of terminal acetylenes is 1. The van der Waals surface area contributed by atoms with Gasteiger partial charge in [0, 0.05) is 24.5 Å². The highest BCUT2D eigenvalue weighted by Crippen LogP contribution is 2.15. The molecule has 3 rings (SSSR count). The Morgan fingerprint density at radius 3 is 2.77 bits per heavy atom. The van der Waals surface area contributed by atoms with Gasteiger partial charge in [-0.1, -0.05) is 0 Å². The average Bonchev–Trinajstić information content (AvgIpc) is 2.76. The van der Waals surface area contributed by atoms with Crippen LogP contribution in [0, 0.1) is 19.3 Å². The van der Waals surface area contributed by atoms with Crippen LogP contribution in [-0.4, -0.2) is 33.0 Å². The first-order valence-corrected chi connectivity index (χ1v) is 9.06. The van der Waals surface area contributed by atoms with Gasteiger partial charge in [0.05, 0.1) is 36.0 Å². The number of nitrogen functional groups attached to an aromatic ring is 1. The first-order valence-electron chi connectivity index (χ1n) is 9.06. The maximum Gasteiger partial charge on any atom is 0.232 e. The highest BCUT2D eigenvalue weighted by Gasteiger charge is 2.00. The van der Waals surface area contributed by atoms with Gasteiger partial charge in [-0.25, -0.2) is 9.97 Å². The molecule has 0 atom stereocenters. The first kappa shape index (κ1) is 22.1. The van der Waals surface area contributed by atoms with Crippen molar-refractivity contribution in [2.24, 2.45) is 0 Å². The quantitative estimate of drug-likeness (QED) is 0.296. The van der Waals surface area contributed by atoms with Crippen molar-refractivity contribution in [3.63, 3.8) is 0 Å². The fraction of sp³-hybridized carbons (Fsp3) is 0.190. The number of carbonyl (C=O) groups excluding carboxylic acids is 1. The second kappa shape index (κ2) is 12.3. The molecule has 0 radical (unpaired) electrons. The zero-order valence-electron chi connectivity index (χ0n) is 16.6. The maximum absolute atomic E-state index is 10.3. The number of aromatic nitrogens is 4. The van der Waals surface area contributed by atoms with Gasteiger partial charge in [-0.3, -0.25) is 14.8 Å². The van der Waals surface area contributed by atoms with Gasteiger partial charge in [0.25, 0.3) is 0 Å². The average molecular weight is 405 g/mol. The van der Waals surface area contributed by atoms with Crippen LogP contribution in [-0.2, 0) is 11.3 Å². The van der Waals surface area contributed by atoms with Gasteiger partial charge in [0.2, 0.25) is 12.3 Å². The maximum atomic E-state index is 10.3. The lowest BCUT2D eigenvalue weighted by Crippen LogP contribution is -2.05. The molecule has 3 aromatic rings. The molecule has 0 fully saturated rings. The lowest BCUT2D eigenvalue weighted by atomic mass is 10.3. The minimum atomic E-state index is 0.444. The molecular formula is C21H23N7O2. The van der Waals surface area contributed by atoms with Crippen LogP contribution in [0.15, 0.2) is 49.1 Å². The second-order valence-electron chi connectivity index (χ2n) is 5.89. The van der Waals surface area contributed by atoms with Crippen molar-refractivity contribution in [3.05, 3.63) is 60.4 Å². The van der Waals surface area contributed by atoms with Gasteiger partial charge < -0.3 is 21.1 Å². The standard InChI is InChI=1S/C12H13N5O.C9H10N2O/c13-12-11(2-1-4-15-12)16-7-10-6-9(17-8-18)3-5-14-10;1-3-4-5-12-9-7-10-8(2)6-11-9/h1-6,8,16H,7H2,(H2,13,15)(H,14,17,18);1,6-7H,4-5H2,2H3. The van der Waals surface area contributed by atoms with Gasteiger partial charge in [-0.05, 0) is 31.2 Å². The van der Waals surface area contributed by atoms with E-state index >= 15 is 0 Å². The predicted octanol–water partition coefficient (Wildman–Crippen LogP) is 2.43. The number of hydrogen-bond donors (Lipinski definition) is 3. The molecule has 9 heteroatoms. The van der Waals surface area contributed by atoms with E-state index in [0.717, 1.165) is 17.1 Å². The van der Waals surface area contributed by atoms with Crippen molar-refractivity contribution >= 4 is 23.6 Å². The molecule has 154 valence electrons. The largest absolute Gasteiger partial charge is 0.476 e. The third-order valence-corrected chi connectivity index (χ3v) is 3.59. The van der Waals surface area contributed by atoms with E-state index in [1.54, 1.807) is 43.0 Å². The van der Waals surface area contributed by atoms with Gasteiger partial charge in [0.15, 0.2) is 0 Å². The Kier molecular flexibility index (Phi) is 9.07. The summed E-state index contributed by atoms with van der Waals surface area (Å²) in [6.07, 6.45) is 12.8. The van der Waals surface area contributed by atoms with Crippen molar-refractivity contribution in [2.75, 3.05) is 23.0 Å². The zero-order valence-corrected chi connectivity index (χ0v) is 16.6. The van der Waals surface area contributed by atoms with E-state index in [9.17, 15) is 4.79 Å². The molecule has 0 bridgehead atoms. The molecule has 0 aromatic carbocycles. The van der Waals surface area contributed by atoms with Crippen LogP contribution in [0.3, 0.4) is 0 Å². The smallest absolute Gasteiger partial charge is 0.232 e. The monoisotopic (exact) mass is 405 g/mol. The third-order valence-electron chi connectivity index (χ3n) is 3.59. The number of rotatable bonds is 8. The van der Waals surface area contributed by atoms with Gasteiger partial charge in [-0.2, -0.15) is 0 Å². The SMILES string of the molecule is C#CCCOc1cnc(C)cn1.Nc1ncccc1NCc1cc(NC=O)ccn1. The summed E-state index contributed by atoms with van der Waals surface area (Å²) >= 11 is 0. The number of pyridine rings is 2. The van der Waals surface area contributed by atoms with Crippen LogP contribution < -0.4 is 21.1 Å². The summed E-state index contributed by atoms with van der Waals surface area (Å²) in [7, 11) is 0. The van der Waals surface area contributed by atoms with Crippen LogP contribution in [0.25, 0.3) is 0 Å². The molecule has 4 N–H and O–H groups in total. The highest BCUT2D eigenvalue weighted by molar-refractivity contribution is 5.71. The van der Waals surface area contributed by atoms with Crippen LogP contribution in [0.5, 0.6) is 5.88 Å². The van der Waals surface area contributed by atoms with Gasteiger partial charge in [-0.15, -0.1) is 12.3 Å². The summed E-state index contributed by atoms with van der Waals surface area (Å²) in [6, 6.07) is 7.15. The Bertz CT molecular complexity index is 972. The minimum Gasteiger partial charge on any atom is -0.476 e. The molecular weight excluding hydrogens is 382 g/mol. The molecule has 1 amide bonds. The Balaban J connectivity index is 0.000000232. The van der Waals surface area contributed by atoms with E-state index in [0.29, 0.717) is 43.4 Å². The van der Waals surface area contributed by atoms with E-state index < -0.39 is 0 Å². The van der Waals surface area contributed by atoms with E-state index in [1.165, 1.54) is 0 Å². The third kappa shape index (κ3) is 7.82. The Labute approximate surface area is 175 Å². The lowest BCUT2D eigenvalue weighted by molar-refractivity contribution is -0.105. The molecule has 30 heavy (non-hydrogen) atoms. The molecule has 0 spiro atoms. The molecule has 3 aromatic heterocycles. The summed E-state index contributed by atoms with van der Waals surface area (Å²) in [4.78, 5) is 26.5. The Morgan fingerprint density at radius 2 is 2.07 bits per heavy atom. The normalized spacial score (nSPS) is 9.47.